The number of carbonyl (C=O) groups is 1. The van der Waals surface area contributed by atoms with Gasteiger partial charge in [-0.3, -0.25) is 4.79 Å². The number of fused-ring (bicyclic) bond motifs is 1. The van der Waals surface area contributed by atoms with Gasteiger partial charge in [0.25, 0.3) is 0 Å². The summed E-state index contributed by atoms with van der Waals surface area (Å²) in [6, 6.07) is 15.4. The fourth-order valence-electron chi connectivity index (χ4n) is 6.23. The van der Waals surface area contributed by atoms with Crippen molar-refractivity contribution in [3.05, 3.63) is 88.3 Å². The van der Waals surface area contributed by atoms with Crippen LogP contribution in [0.25, 0.3) is 31.8 Å². The molecule has 0 atom stereocenters. The summed E-state index contributed by atoms with van der Waals surface area (Å²) in [5, 5.41) is 10.0. The number of carbonyl (C=O) groups excluding carboxylic acids is 1. The van der Waals surface area contributed by atoms with Crippen molar-refractivity contribution in [3.63, 3.8) is 0 Å². The van der Waals surface area contributed by atoms with E-state index in [1.54, 1.807) is 0 Å². The molecule has 4 rings (SSSR count). The summed E-state index contributed by atoms with van der Waals surface area (Å²) < 4.78 is 43.1. The maximum Gasteiger partial charge on any atom is 0.418 e. The van der Waals surface area contributed by atoms with E-state index in [-0.39, 0.29) is 60.2 Å². The van der Waals surface area contributed by atoms with E-state index in [0.717, 1.165) is 64.6 Å². The molecule has 0 amide bonds. The fraction of sp³-hybridized carbons (Fsp3) is 0.476. The molecule has 275 valence electrons. The fourth-order valence-corrected chi connectivity index (χ4v) is 7.71. The molecule has 8 heteroatoms. The van der Waals surface area contributed by atoms with Gasteiger partial charge in [0, 0.05) is 64.9 Å². The standard InChI is InChI=1S/C29H29F3NS.C13H24O2.Ir/c1-16(2)23-24-22(29(30,31)32)15-33-25(20-13-17(3)12-18(4)14-20)27(24)34-26(23)19-8-10-21(11-9-19)28(5,6)7;1-5-10(6-2)12(14)9-13(15)11(7-3)8-4;/h8-13,15-16H,1-7H3;9-11,14H,5-8H2,1-4H3;/q-1;;/b;12-9-;. The first-order valence-corrected chi connectivity index (χ1v) is 18.3. The monoisotopic (exact) mass is 885 g/mol. The zero-order valence-electron chi connectivity index (χ0n) is 31.4. The number of aliphatic hydroxyl groups is 1. The van der Waals surface area contributed by atoms with Crippen LogP contribution in [0.3, 0.4) is 0 Å². The molecule has 0 unspecified atom stereocenters. The zero-order chi connectivity index (χ0) is 36.8. The van der Waals surface area contributed by atoms with Crippen molar-refractivity contribution in [1.29, 1.82) is 0 Å². The third-order valence-electron chi connectivity index (χ3n) is 9.13. The number of allylic oxidation sites excluding steroid dienone is 2. The summed E-state index contributed by atoms with van der Waals surface area (Å²) in [6.45, 7) is 22.3. The molecule has 0 fully saturated rings. The van der Waals surface area contributed by atoms with Crippen LogP contribution >= 0.6 is 11.3 Å². The molecule has 0 saturated carbocycles. The number of hydrogen-bond acceptors (Lipinski definition) is 4. The van der Waals surface area contributed by atoms with E-state index in [1.807, 2.05) is 79.7 Å². The molecule has 0 bridgehead atoms. The number of ketones is 1. The molecule has 2 aromatic carbocycles. The zero-order valence-corrected chi connectivity index (χ0v) is 34.6. The normalized spacial score (nSPS) is 12.4. The molecule has 0 aliphatic carbocycles. The Bertz CT molecular complexity index is 1740. The van der Waals surface area contributed by atoms with E-state index in [2.05, 4.69) is 44.0 Å². The Morgan fingerprint density at radius 2 is 1.50 bits per heavy atom. The summed E-state index contributed by atoms with van der Waals surface area (Å²) in [7, 11) is 0. The van der Waals surface area contributed by atoms with Gasteiger partial charge in [0.1, 0.15) is 0 Å². The minimum absolute atomic E-state index is 0. The number of aromatic nitrogens is 1. The number of nitrogens with zero attached hydrogens (tertiary/aromatic N) is 1. The SMILES string of the molecule is CCC(CC)C(=O)/C=C(\O)C(CC)CC.Cc1[c-]c(-c2ncc(C(F)(F)F)c3c(C(C)C)c(-c4ccc(C(C)(C)C)cc4)sc23)cc(C)c1.[Ir]. The molecule has 1 radical (unpaired) electrons. The molecule has 2 heterocycles. The van der Waals surface area contributed by atoms with Crippen molar-refractivity contribution in [1.82, 2.24) is 4.98 Å². The first kappa shape index (κ1) is 43.4. The van der Waals surface area contributed by atoms with Gasteiger partial charge in [-0.1, -0.05) is 100 Å². The second kappa shape index (κ2) is 18.1. The number of aliphatic hydroxyl groups excluding tert-OH is 1. The number of alkyl halides is 3. The number of pyridine rings is 1. The van der Waals surface area contributed by atoms with Gasteiger partial charge in [0.2, 0.25) is 0 Å². The van der Waals surface area contributed by atoms with Gasteiger partial charge >= 0.3 is 6.18 Å². The number of rotatable bonds is 10. The minimum Gasteiger partial charge on any atom is -0.512 e. The Labute approximate surface area is 315 Å². The Morgan fingerprint density at radius 1 is 0.940 bits per heavy atom. The van der Waals surface area contributed by atoms with E-state index in [0.29, 0.717) is 10.4 Å². The Hall–Kier alpha value is -2.80. The van der Waals surface area contributed by atoms with Gasteiger partial charge in [0.15, 0.2) is 5.78 Å². The predicted octanol–water partition coefficient (Wildman–Crippen LogP) is 13.4. The summed E-state index contributed by atoms with van der Waals surface area (Å²) >= 11 is 1.40. The van der Waals surface area contributed by atoms with Gasteiger partial charge in [0.05, 0.1) is 11.3 Å². The first-order valence-electron chi connectivity index (χ1n) is 17.5. The average molecular weight is 885 g/mol. The molecule has 1 N–H and O–H groups in total. The minimum atomic E-state index is -4.49. The van der Waals surface area contributed by atoms with Crippen LogP contribution in [0, 0.1) is 31.7 Å². The van der Waals surface area contributed by atoms with Crippen LogP contribution in [0.1, 0.15) is 122 Å². The third-order valence-corrected chi connectivity index (χ3v) is 10.4. The van der Waals surface area contributed by atoms with Crippen LogP contribution in [-0.4, -0.2) is 15.9 Å². The van der Waals surface area contributed by atoms with Crippen molar-refractivity contribution < 1.29 is 43.2 Å². The number of hydrogen-bond donors (Lipinski definition) is 1. The van der Waals surface area contributed by atoms with Gasteiger partial charge < -0.3 is 10.1 Å². The second-order valence-corrected chi connectivity index (χ2v) is 15.3. The number of thiophene rings is 1. The second-order valence-electron chi connectivity index (χ2n) is 14.3. The van der Waals surface area contributed by atoms with E-state index in [4.69, 9.17) is 0 Å². The van der Waals surface area contributed by atoms with Crippen molar-refractivity contribution in [2.75, 3.05) is 0 Å². The van der Waals surface area contributed by atoms with Gasteiger partial charge in [-0.2, -0.15) is 13.2 Å². The average Bonchev–Trinajstić information content (AvgIpc) is 3.42. The van der Waals surface area contributed by atoms with Gasteiger partial charge in [-0.25, -0.2) is 0 Å². The van der Waals surface area contributed by atoms with Crippen molar-refractivity contribution in [2.45, 2.75) is 119 Å². The molecular formula is C42H53F3IrNO2S-. The Morgan fingerprint density at radius 3 is 1.96 bits per heavy atom. The first-order chi connectivity index (χ1) is 22.9. The predicted molar refractivity (Wildman–Crippen MR) is 200 cm³/mol. The summed E-state index contributed by atoms with van der Waals surface area (Å²) in [4.78, 5) is 16.9. The molecular weight excluding hydrogens is 832 g/mol. The van der Waals surface area contributed by atoms with Crippen molar-refractivity contribution >= 4 is 27.2 Å². The summed E-state index contributed by atoms with van der Waals surface area (Å²) in [5.74, 6) is 0.455. The largest absolute Gasteiger partial charge is 0.512 e. The van der Waals surface area contributed by atoms with Gasteiger partial charge in [-0.05, 0) is 53.7 Å². The maximum absolute atomic E-state index is 14.2. The molecule has 0 saturated heterocycles. The van der Waals surface area contributed by atoms with Crippen LogP contribution in [0.15, 0.2) is 54.4 Å². The van der Waals surface area contributed by atoms with Gasteiger partial charge in [-0.15, -0.1) is 46.2 Å². The topological polar surface area (TPSA) is 50.2 Å². The number of halogens is 3. The summed E-state index contributed by atoms with van der Waals surface area (Å²) in [6.07, 6.45) is 1.41. The molecule has 2 aromatic heterocycles. The van der Waals surface area contributed by atoms with Crippen LogP contribution in [0.5, 0.6) is 0 Å². The van der Waals surface area contributed by atoms with Crippen LogP contribution in [0.2, 0.25) is 0 Å². The number of aryl methyl sites for hydroxylation is 2. The maximum atomic E-state index is 14.2. The van der Waals surface area contributed by atoms with Crippen molar-refractivity contribution in [3.8, 4) is 21.7 Å². The molecule has 0 aliphatic heterocycles. The van der Waals surface area contributed by atoms with E-state index in [1.165, 1.54) is 23.0 Å². The number of benzene rings is 2. The molecule has 0 aliphatic rings. The van der Waals surface area contributed by atoms with Crippen LogP contribution in [-0.2, 0) is 36.5 Å². The molecule has 50 heavy (non-hydrogen) atoms. The molecule has 4 aromatic rings. The van der Waals surface area contributed by atoms with E-state index >= 15 is 0 Å². The quantitative estimate of drug-likeness (QED) is 0.0981. The van der Waals surface area contributed by atoms with Crippen LogP contribution in [0.4, 0.5) is 13.2 Å². The Kier molecular flexibility index (Phi) is 15.7. The smallest absolute Gasteiger partial charge is 0.418 e. The third kappa shape index (κ3) is 10.4. The Balaban J connectivity index is 0.000000461. The van der Waals surface area contributed by atoms with Crippen molar-refractivity contribution in [2.24, 2.45) is 11.8 Å². The van der Waals surface area contributed by atoms with E-state index in [9.17, 15) is 23.1 Å². The summed E-state index contributed by atoms with van der Waals surface area (Å²) in [5.41, 5.74) is 5.41. The van der Waals surface area contributed by atoms with Crippen LogP contribution < -0.4 is 0 Å². The molecule has 3 nitrogen and oxygen atoms in total. The van der Waals surface area contributed by atoms with E-state index < -0.39 is 11.7 Å². The molecule has 0 spiro atoms.